The van der Waals surface area contributed by atoms with Gasteiger partial charge in [-0.2, -0.15) is 19.7 Å². The smallest absolute Gasteiger partial charge is 0.248 e. The number of nitrogens with one attached hydrogen (secondary N) is 2. The summed E-state index contributed by atoms with van der Waals surface area (Å²) in [4.78, 5) is 14.8. The first kappa shape index (κ1) is 16.9. The number of aryl methyl sites for hydroxylation is 4. The van der Waals surface area contributed by atoms with Gasteiger partial charge >= 0.3 is 0 Å². The molecule has 0 spiro atoms. The van der Waals surface area contributed by atoms with Crippen molar-refractivity contribution in [3.8, 4) is 0 Å². The highest BCUT2D eigenvalue weighted by Gasteiger charge is 2.10. The molecule has 136 valence electrons. The second kappa shape index (κ2) is 6.64. The zero-order valence-corrected chi connectivity index (χ0v) is 15.6. The molecule has 8 heteroatoms. The summed E-state index contributed by atoms with van der Waals surface area (Å²) < 4.78 is 0. The average molecular weight is 360 g/mol. The Morgan fingerprint density at radius 2 is 1.56 bits per heavy atom. The first-order valence-electron chi connectivity index (χ1n) is 8.64. The van der Waals surface area contributed by atoms with Crippen molar-refractivity contribution in [1.29, 1.82) is 0 Å². The van der Waals surface area contributed by atoms with Crippen molar-refractivity contribution in [2.45, 2.75) is 27.7 Å². The SMILES string of the molecule is Cc1cc(C)c(Nc2nc(C)nc(Nn3nnc4ccccc43)n2)c(C)c1. The number of rotatable bonds is 4. The molecule has 0 radical (unpaired) electrons. The topological polar surface area (TPSA) is 93.4 Å². The highest BCUT2D eigenvalue weighted by atomic mass is 15.6. The maximum absolute atomic E-state index is 4.48. The maximum Gasteiger partial charge on any atom is 0.248 e. The molecule has 8 nitrogen and oxygen atoms in total. The summed E-state index contributed by atoms with van der Waals surface area (Å²) in [6.07, 6.45) is 0. The second-order valence-corrected chi connectivity index (χ2v) is 6.53. The van der Waals surface area contributed by atoms with Crippen LogP contribution in [0.15, 0.2) is 36.4 Å². The minimum absolute atomic E-state index is 0.392. The van der Waals surface area contributed by atoms with Gasteiger partial charge in [-0.1, -0.05) is 29.8 Å². The Morgan fingerprint density at radius 3 is 2.33 bits per heavy atom. The van der Waals surface area contributed by atoms with E-state index in [1.807, 2.05) is 31.2 Å². The van der Waals surface area contributed by atoms with Gasteiger partial charge in [-0.3, -0.25) is 0 Å². The van der Waals surface area contributed by atoms with Crippen LogP contribution in [0, 0.1) is 27.7 Å². The molecule has 0 bridgehead atoms. The van der Waals surface area contributed by atoms with Crippen molar-refractivity contribution in [2.75, 3.05) is 10.7 Å². The first-order chi connectivity index (χ1) is 13.0. The van der Waals surface area contributed by atoms with E-state index in [1.165, 1.54) is 5.56 Å². The Labute approximate surface area is 156 Å². The number of anilines is 3. The van der Waals surface area contributed by atoms with Crippen LogP contribution in [0.5, 0.6) is 0 Å². The van der Waals surface area contributed by atoms with Crippen LogP contribution in [0.3, 0.4) is 0 Å². The number of para-hydroxylation sites is 1. The summed E-state index contributed by atoms with van der Waals surface area (Å²) in [6, 6.07) is 11.9. The Hall–Kier alpha value is -3.55. The Kier molecular flexibility index (Phi) is 4.15. The fourth-order valence-corrected chi connectivity index (χ4v) is 3.12. The van der Waals surface area contributed by atoms with Crippen LogP contribution in [-0.2, 0) is 0 Å². The first-order valence-corrected chi connectivity index (χ1v) is 8.64. The minimum Gasteiger partial charge on any atom is -0.324 e. The molecule has 2 aromatic heterocycles. The fraction of sp³-hybridized carbons (Fsp3) is 0.211. The van der Waals surface area contributed by atoms with E-state index < -0.39 is 0 Å². The lowest BCUT2D eigenvalue weighted by Gasteiger charge is -2.14. The number of hydrogen-bond acceptors (Lipinski definition) is 7. The lowest BCUT2D eigenvalue weighted by atomic mass is 10.1. The number of fused-ring (bicyclic) bond motifs is 1. The normalized spacial score (nSPS) is 11.0. The van der Waals surface area contributed by atoms with Gasteiger partial charge in [0.2, 0.25) is 11.9 Å². The van der Waals surface area contributed by atoms with Gasteiger partial charge in [0.1, 0.15) is 16.9 Å². The van der Waals surface area contributed by atoms with Crippen LogP contribution in [-0.4, -0.2) is 30.1 Å². The molecule has 2 heterocycles. The van der Waals surface area contributed by atoms with E-state index >= 15 is 0 Å². The van der Waals surface area contributed by atoms with Gasteiger partial charge in [0.15, 0.2) is 0 Å². The molecule has 0 saturated heterocycles. The summed E-state index contributed by atoms with van der Waals surface area (Å²) >= 11 is 0. The summed E-state index contributed by atoms with van der Waals surface area (Å²) in [6.45, 7) is 8.04. The third-order valence-electron chi connectivity index (χ3n) is 4.22. The van der Waals surface area contributed by atoms with Gasteiger partial charge < -0.3 is 5.32 Å². The standard InChI is InChI=1S/C19H20N8/c1-11-9-12(2)17(13(3)10-11)22-18-20-14(4)21-19(23-18)25-27-16-8-6-5-7-15(16)24-26-27/h5-10H,1-4H3,(H2,20,21,22,23,25). The third-order valence-corrected chi connectivity index (χ3v) is 4.22. The molecular weight excluding hydrogens is 340 g/mol. The third kappa shape index (κ3) is 3.41. The van der Waals surface area contributed by atoms with Crippen LogP contribution < -0.4 is 10.7 Å². The second-order valence-electron chi connectivity index (χ2n) is 6.53. The van der Waals surface area contributed by atoms with Crippen LogP contribution in [0.4, 0.5) is 17.6 Å². The van der Waals surface area contributed by atoms with Crippen molar-refractivity contribution in [3.05, 3.63) is 58.9 Å². The van der Waals surface area contributed by atoms with E-state index in [1.54, 1.807) is 4.79 Å². The molecule has 0 fully saturated rings. The van der Waals surface area contributed by atoms with E-state index in [4.69, 9.17) is 0 Å². The number of nitrogens with zero attached hydrogens (tertiary/aromatic N) is 6. The number of aromatic nitrogens is 6. The lowest BCUT2D eigenvalue weighted by Crippen LogP contribution is -2.15. The fourth-order valence-electron chi connectivity index (χ4n) is 3.12. The quantitative estimate of drug-likeness (QED) is 0.575. The molecule has 0 aliphatic carbocycles. The van der Waals surface area contributed by atoms with Gasteiger partial charge in [0.05, 0.1) is 0 Å². The summed E-state index contributed by atoms with van der Waals surface area (Å²) in [5.41, 5.74) is 9.22. The monoisotopic (exact) mass is 360 g/mol. The van der Waals surface area contributed by atoms with Crippen molar-refractivity contribution >= 4 is 28.6 Å². The van der Waals surface area contributed by atoms with Crippen molar-refractivity contribution in [3.63, 3.8) is 0 Å². The molecule has 0 aliphatic rings. The van der Waals surface area contributed by atoms with E-state index in [2.05, 4.69) is 68.9 Å². The maximum atomic E-state index is 4.48. The van der Waals surface area contributed by atoms with E-state index in [-0.39, 0.29) is 0 Å². The molecule has 0 saturated carbocycles. The highest BCUT2D eigenvalue weighted by molar-refractivity contribution is 5.74. The lowest BCUT2D eigenvalue weighted by molar-refractivity contribution is 0.749. The van der Waals surface area contributed by atoms with Crippen molar-refractivity contribution in [2.24, 2.45) is 0 Å². The van der Waals surface area contributed by atoms with Crippen LogP contribution in [0.1, 0.15) is 22.5 Å². The molecule has 0 unspecified atom stereocenters. The Morgan fingerprint density at radius 1 is 0.852 bits per heavy atom. The highest BCUT2D eigenvalue weighted by Crippen LogP contribution is 2.24. The van der Waals surface area contributed by atoms with Crippen LogP contribution >= 0.6 is 0 Å². The van der Waals surface area contributed by atoms with Crippen molar-refractivity contribution < 1.29 is 0 Å². The van der Waals surface area contributed by atoms with Gasteiger partial charge in [-0.15, -0.1) is 5.10 Å². The molecule has 2 aromatic carbocycles. The molecule has 0 atom stereocenters. The van der Waals surface area contributed by atoms with E-state index in [0.717, 1.165) is 27.8 Å². The Balaban J connectivity index is 1.66. The molecule has 4 rings (SSSR count). The average Bonchev–Trinajstić information content (AvgIpc) is 3.01. The zero-order valence-electron chi connectivity index (χ0n) is 15.6. The van der Waals surface area contributed by atoms with Gasteiger partial charge in [0, 0.05) is 5.69 Å². The molecule has 4 aromatic rings. The summed E-state index contributed by atoms with van der Waals surface area (Å²) in [5, 5.41) is 11.5. The van der Waals surface area contributed by atoms with Gasteiger partial charge in [-0.25, -0.2) is 5.43 Å². The summed E-state index contributed by atoms with van der Waals surface area (Å²) in [7, 11) is 0. The van der Waals surface area contributed by atoms with Crippen molar-refractivity contribution in [1.82, 2.24) is 30.1 Å². The molecule has 27 heavy (non-hydrogen) atoms. The van der Waals surface area contributed by atoms with Crippen LogP contribution in [0.2, 0.25) is 0 Å². The van der Waals surface area contributed by atoms with Gasteiger partial charge in [0.25, 0.3) is 0 Å². The predicted octanol–water partition coefficient (Wildman–Crippen LogP) is 3.47. The molecule has 2 N–H and O–H groups in total. The zero-order chi connectivity index (χ0) is 19.0. The van der Waals surface area contributed by atoms with Gasteiger partial charge in [-0.05, 0) is 56.2 Å². The van der Waals surface area contributed by atoms with E-state index in [9.17, 15) is 0 Å². The molecule has 0 amide bonds. The number of hydrogen-bond donors (Lipinski definition) is 2. The number of benzene rings is 2. The van der Waals surface area contributed by atoms with Crippen LogP contribution in [0.25, 0.3) is 11.0 Å². The van der Waals surface area contributed by atoms with E-state index in [0.29, 0.717) is 17.7 Å². The predicted molar refractivity (Wildman–Crippen MR) is 105 cm³/mol. The molecular formula is C19H20N8. The Bertz CT molecular complexity index is 1110. The molecule has 0 aliphatic heterocycles. The summed E-state index contributed by atoms with van der Waals surface area (Å²) in [5.74, 6) is 1.47. The minimum atomic E-state index is 0.392. The largest absolute Gasteiger partial charge is 0.324 e.